The van der Waals surface area contributed by atoms with Crippen LogP contribution in [-0.4, -0.2) is 17.5 Å². The first-order chi connectivity index (χ1) is 10.8. The fourth-order valence-corrected chi connectivity index (χ4v) is 1.73. The quantitative estimate of drug-likeness (QED) is 0.478. The van der Waals surface area contributed by atoms with Crippen LogP contribution in [0.25, 0.3) is 0 Å². The number of nitrogens with one attached hydrogen (secondary N) is 1. The average Bonchev–Trinajstić information content (AvgIpc) is 2.47. The number of nitrogens with zero attached hydrogens (tertiary/aromatic N) is 1. The Bertz CT molecular complexity index is 710. The lowest BCUT2D eigenvalue weighted by molar-refractivity contribution is -0.383. The number of nitro benzene ring substituents is 1. The average molecular weight is 330 g/mol. The second-order valence-corrected chi connectivity index (χ2v) is 4.39. The Morgan fingerprint density at radius 1 is 1.13 bits per heavy atom. The van der Waals surface area contributed by atoms with Crippen molar-refractivity contribution in [1.29, 1.82) is 0 Å². The Hall–Kier alpha value is -2.84. The highest BCUT2D eigenvalue weighted by Crippen LogP contribution is 2.31. The van der Waals surface area contributed by atoms with Crippen molar-refractivity contribution in [3.8, 4) is 5.75 Å². The van der Waals surface area contributed by atoms with Crippen molar-refractivity contribution < 1.29 is 27.2 Å². The van der Waals surface area contributed by atoms with E-state index in [4.69, 9.17) is 0 Å². The molecule has 0 fully saturated rings. The topological polar surface area (TPSA) is 64.4 Å². The van der Waals surface area contributed by atoms with Crippen molar-refractivity contribution in [2.24, 2.45) is 0 Å². The van der Waals surface area contributed by atoms with Gasteiger partial charge in [0.05, 0.1) is 4.92 Å². The summed E-state index contributed by atoms with van der Waals surface area (Å²) < 4.78 is 54.0. The van der Waals surface area contributed by atoms with Crippen molar-refractivity contribution in [3.05, 3.63) is 58.6 Å². The van der Waals surface area contributed by atoms with E-state index in [0.717, 1.165) is 12.1 Å². The molecule has 0 unspecified atom stereocenters. The number of rotatable bonds is 6. The molecule has 5 nitrogen and oxygen atoms in total. The molecule has 0 aliphatic rings. The van der Waals surface area contributed by atoms with E-state index in [9.17, 15) is 27.7 Å². The summed E-state index contributed by atoms with van der Waals surface area (Å²) in [4.78, 5) is 10.3. The van der Waals surface area contributed by atoms with Gasteiger partial charge in [-0.05, 0) is 18.2 Å². The van der Waals surface area contributed by atoms with Crippen molar-refractivity contribution in [2.75, 3.05) is 5.32 Å². The maximum Gasteiger partial charge on any atom is 0.461 e. The highest BCUT2D eigenvalue weighted by atomic mass is 19.3. The normalized spacial score (nSPS) is 11.3. The molecule has 0 aliphatic heterocycles. The lowest BCUT2D eigenvalue weighted by Crippen LogP contribution is -2.33. The van der Waals surface area contributed by atoms with E-state index >= 15 is 0 Å². The monoisotopic (exact) mass is 330 g/mol. The number of hydrogen-bond donors (Lipinski definition) is 1. The molecule has 0 spiro atoms. The predicted octanol–water partition coefficient (Wildman–Crippen LogP) is 4.58. The van der Waals surface area contributed by atoms with Crippen LogP contribution in [0.15, 0.2) is 48.5 Å². The number of hydrogen-bond acceptors (Lipinski definition) is 4. The van der Waals surface area contributed by atoms with Crippen LogP contribution in [0.2, 0.25) is 0 Å². The molecule has 0 saturated heterocycles. The molecule has 122 valence electrons. The van der Waals surface area contributed by atoms with Gasteiger partial charge in [-0.25, -0.2) is 0 Å². The van der Waals surface area contributed by atoms with E-state index in [1.54, 1.807) is 6.07 Å². The number of benzene rings is 2. The first-order valence-electron chi connectivity index (χ1n) is 6.25. The van der Waals surface area contributed by atoms with Crippen molar-refractivity contribution in [1.82, 2.24) is 0 Å². The maximum absolute atomic E-state index is 12.9. The van der Waals surface area contributed by atoms with Gasteiger partial charge in [0.1, 0.15) is 11.4 Å². The Morgan fingerprint density at radius 3 is 2.48 bits per heavy atom. The van der Waals surface area contributed by atoms with Gasteiger partial charge >= 0.3 is 12.5 Å². The first kappa shape index (κ1) is 16.5. The van der Waals surface area contributed by atoms with Crippen LogP contribution < -0.4 is 10.1 Å². The van der Waals surface area contributed by atoms with E-state index in [0.29, 0.717) is 0 Å². The van der Waals surface area contributed by atoms with Gasteiger partial charge in [0, 0.05) is 17.8 Å². The molecule has 1 N–H and O–H groups in total. The van der Waals surface area contributed by atoms with Crippen molar-refractivity contribution in [2.45, 2.75) is 12.5 Å². The van der Waals surface area contributed by atoms with E-state index < -0.39 is 23.2 Å². The Balaban J connectivity index is 2.23. The van der Waals surface area contributed by atoms with Crippen molar-refractivity contribution in [3.63, 3.8) is 0 Å². The third-order valence-electron chi connectivity index (χ3n) is 2.72. The number of alkyl halides is 4. The molecule has 2 aromatic rings. The molecule has 2 aromatic carbocycles. The Morgan fingerprint density at radius 2 is 1.83 bits per heavy atom. The second kappa shape index (κ2) is 6.51. The number of nitro groups is 1. The zero-order chi connectivity index (χ0) is 17.0. The van der Waals surface area contributed by atoms with Gasteiger partial charge in [0.15, 0.2) is 0 Å². The summed E-state index contributed by atoms with van der Waals surface area (Å²) in [5.41, 5.74) is 0.0638. The van der Waals surface area contributed by atoms with E-state index in [1.165, 1.54) is 30.3 Å². The van der Waals surface area contributed by atoms with Gasteiger partial charge in [-0.1, -0.05) is 18.2 Å². The zero-order valence-electron chi connectivity index (χ0n) is 11.4. The maximum atomic E-state index is 12.9. The highest BCUT2D eigenvalue weighted by molar-refractivity contribution is 5.69. The van der Waals surface area contributed by atoms with Gasteiger partial charge in [-0.3, -0.25) is 10.1 Å². The highest BCUT2D eigenvalue weighted by Gasteiger charge is 2.43. The zero-order valence-corrected chi connectivity index (χ0v) is 11.4. The van der Waals surface area contributed by atoms with Crippen LogP contribution in [0.5, 0.6) is 5.75 Å². The minimum Gasteiger partial charge on any atom is -0.428 e. The molecule has 23 heavy (non-hydrogen) atoms. The van der Waals surface area contributed by atoms with Gasteiger partial charge in [-0.15, -0.1) is 0 Å². The summed E-state index contributed by atoms with van der Waals surface area (Å²) in [7, 11) is 0. The fraction of sp³-hybridized carbons (Fsp3) is 0.143. The summed E-state index contributed by atoms with van der Waals surface area (Å²) in [6.07, 6.45) is -8.61. The van der Waals surface area contributed by atoms with Crippen LogP contribution in [-0.2, 0) is 0 Å². The SMILES string of the molecule is O=[N+]([O-])c1ccccc1Nc1cccc(OC(F)(F)C(F)F)c1. The molecular formula is C14H10F4N2O3. The minimum atomic E-state index is -4.63. The summed E-state index contributed by atoms with van der Waals surface area (Å²) in [6, 6.07) is 10.5. The van der Waals surface area contributed by atoms with Gasteiger partial charge in [0.2, 0.25) is 0 Å². The predicted molar refractivity (Wildman–Crippen MR) is 74.4 cm³/mol. The van der Waals surface area contributed by atoms with Crippen LogP contribution in [0.1, 0.15) is 0 Å². The van der Waals surface area contributed by atoms with E-state index in [1.807, 2.05) is 0 Å². The molecule has 9 heteroatoms. The number of halogens is 4. The molecule has 2 rings (SSSR count). The molecule has 0 aromatic heterocycles. The summed E-state index contributed by atoms with van der Waals surface area (Å²) in [5, 5.41) is 13.6. The van der Waals surface area contributed by atoms with Crippen molar-refractivity contribution >= 4 is 17.1 Å². The molecule has 0 bridgehead atoms. The summed E-state index contributed by atoms with van der Waals surface area (Å²) in [5.74, 6) is -0.501. The smallest absolute Gasteiger partial charge is 0.428 e. The molecule has 0 atom stereocenters. The van der Waals surface area contributed by atoms with Gasteiger partial charge < -0.3 is 10.1 Å². The first-order valence-corrected chi connectivity index (χ1v) is 6.25. The molecule has 0 radical (unpaired) electrons. The third-order valence-corrected chi connectivity index (χ3v) is 2.72. The Kier molecular flexibility index (Phi) is 4.68. The summed E-state index contributed by atoms with van der Waals surface area (Å²) in [6.45, 7) is 0. The third kappa shape index (κ3) is 4.09. The largest absolute Gasteiger partial charge is 0.461 e. The van der Waals surface area contributed by atoms with Crippen LogP contribution >= 0.6 is 0 Å². The molecule has 0 heterocycles. The molecule has 0 saturated carbocycles. The summed E-state index contributed by atoms with van der Waals surface area (Å²) >= 11 is 0. The van der Waals surface area contributed by atoms with Crippen LogP contribution in [0.4, 0.5) is 34.6 Å². The number of para-hydroxylation sites is 2. The fourth-order valence-electron chi connectivity index (χ4n) is 1.73. The van der Waals surface area contributed by atoms with Crippen LogP contribution in [0, 0.1) is 10.1 Å². The molecule has 0 aliphatic carbocycles. The molecule has 0 amide bonds. The Labute approximate surface area is 127 Å². The van der Waals surface area contributed by atoms with Gasteiger partial charge in [-0.2, -0.15) is 17.6 Å². The minimum absolute atomic E-state index is 0.121. The molecular weight excluding hydrogens is 320 g/mol. The number of anilines is 2. The second-order valence-electron chi connectivity index (χ2n) is 4.39. The number of ether oxygens (including phenoxy) is 1. The van der Waals surface area contributed by atoms with Crippen LogP contribution in [0.3, 0.4) is 0 Å². The lowest BCUT2D eigenvalue weighted by Gasteiger charge is -2.17. The van der Waals surface area contributed by atoms with E-state index in [2.05, 4.69) is 10.1 Å². The standard InChI is InChI=1S/C14H10F4N2O3/c15-13(16)14(17,18)23-10-5-3-4-9(8-10)19-11-6-1-2-7-12(11)20(21)22/h1-8,13,19H. The van der Waals surface area contributed by atoms with E-state index in [-0.39, 0.29) is 17.1 Å². The van der Waals surface area contributed by atoms with Gasteiger partial charge in [0.25, 0.3) is 5.69 Å². The lowest BCUT2D eigenvalue weighted by atomic mass is 10.2.